The molecular weight excluding hydrogens is 112 g/mol. The second kappa shape index (κ2) is 3.76. The molecule has 7 nitrogen and oxygen atoms in total. The lowest BCUT2D eigenvalue weighted by atomic mass is 11.1. The minimum absolute atomic E-state index is 1.62. The minimum Gasteiger partial charge on any atom is -0.382 e. The van der Waals surface area contributed by atoms with Gasteiger partial charge in [0.05, 0.1) is 0 Å². The monoisotopic (exact) mass is 114 g/mol. The highest BCUT2D eigenvalue weighted by atomic mass is 16.3. The molecule has 0 amide bonds. The predicted octanol–water partition coefficient (Wildman–Crippen LogP) is 0.883. The van der Waals surface area contributed by atoms with Crippen LogP contribution in [0.1, 0.15) is 0 Å². The molecule has 8 heavy (non-hydrogen) atoms. The van der Waals surface area contributed by atoms with Crippen molar-refractivity contribution in [2.75, 3.05) is 0 Å². The van der Waals surface area contributed by atoms with Crippen LogP contribution in [0.4, 0.5) is 0 Å². The van der Waals surface area contributed by atoms with E-state index in [1.807, 2.05) is 0 Å². The van der Waals surface area contributed by atoms with Gasteiger partial charge in [-0.3, -0.25) is 0 Å². The van der Waals surface area contributed by atoms with E-state index >= 15 is 0 Å². The second-order valence-electron chi connectivity index (χ2n) is 0.756. The van der Waals surface area contributed by atoms with Gasteiger partial charge >= 0.3 is 0 Å². The van der Waals surface area contributed by atoms with E-state index in [1.165, 1.54) is 0 Å². The van der Waals surface area contributed by atoms with E-state index < -0.39 is 6.35 Å². The molecule has 1 N–H and O–H groups in total. The summed E-state index contributed by atoms with van der Waals surface area (Å²) in [6, 6.07) is 0. The van der Waals surface area contributed by atoms with Crippen molar-refractivity contribution in [1.82, 2.24) is 0 Å². The summed E-state index contributed by atoms with van der Waals surface area (Å²) < 4.78 is 0. The van der Waals surface area contributed by atoms with Crippen LogP contribution in [0.3, 0.4) is 0 Å². The van der Waals surface area contributed by atoms with E-state index in [9.17, 15) is 0 Å². The molecule has 0 aliphatic carbocycles. The Morgan fingerprint density at radius 1 is 1.25 bits per heavy atom. The van der Waals surface area contributed by atoms with Gasteiger partial charge in [0.15, 0.2) is 0 Å². The molecule has 0 bridgehead atoms. The fourth-order valence-electron chi connectivity index (χ4n) is 0.115. The molecule has 0 aromatic carbocycles. The maximum Gasteiger partial charge on any atom is 0.212 e. The van der Waals surface area contributed by atoms with Crippen LogP contribution >= 0.6 is 0 Å². The second-order valence-corrected chi connectivity index (χ2v) is 0.756. The Balaban J connectivity index is 3.82. The number of aliphatic hydroxyl groups excluding tert-OH is 1. The lowest BCUT2D eigenvalue weighted by Crippen LogP contribution is -1.91. The molecule has 0 aromatic heterocycles. The molecule has 0 atom stereocenters. The molecule has 42 valence electrons. The van der Waals surface area contributed by atoms with Gasteiger partial charge in [-0.1, -0.05) is 10.2 Å². The first-order chi connectivity index (χ1) is 3.81. The van der Waals surface area contributed by atoms with Gasteiger partial charge in [0.1, 0.15) is 0 Å². The Bertz CT molecular complexity index is 132. The zero-order valence-electron chi connectivity index (χ0n) is 3.71. The summed E-state index contributed by atoms with van der Waals surface area (Å²) in [6.45, 7) is 0. The highest BCUT2D eigenvalue weighted by molar-refractivity contribution is 4.50. The van der Waals surface area contributed by atoms with E-state index in [0.29, 0.717) is 0 Å². The van der Waals surface area contributed by atoms with Crippen LogP contribution in [0.2, 0.25) is 0 Å². The molecule has 0 spiro atoms. The van der Waals surface area contributed by atoms with Gasteiger partial charge in [0.2, 0.25) is 6.35 Å². The fourth-order valence-corrected chi connectivity index (χ4v) is 0.115. The molecule has 0 fully saturated rings. The van der Waals surface area contributed by atoms with Gasteiger partial charge < -0.3 is 5.11 Å². The fraction of sp³-hybridized carbons (Fsp3) is 1.00. The van der Waals surface area contributed by atoms with Crippen molar-refractivity contribution >= 4 is 0 Å². The first-order valence-corrected chi connectivity index (χ1v) is 1.57. The van der Waals surface area contributed by atoms with Crippen LogP contribution in [-0.4, -0.2) is 11.5 Å². The molecule has 0 aliphatic heterocycles. The highest BCUT2D eigenvalue weighted by Crippen LogP contribution is 1.85. The standard InChI is InChI=1S/CH2N6O/c2-6-4-1(8)5-7-3/h1,8H. The van der Waals surface area contributed by atoms with Gasteiger partial charge in [0, 0.05) is 9.82 Å². The van der Waals surface area contributed by atoms with Crippen molar-refractivity contribution in [3.63, 3.8) is 0 Å². The third kappa shape index (κ3) is 2.80. The van der Waals surface area contributed by atoms with Crippen LogP contribution in [0.5, 0.6) is 0 Å². The van der Waals surface area contributed by atoms with Gasteiger partial charge in [-0.05, 0) is 11.1 Å². The largest absolute Gasteiger partial charge is 0.382 e. The normalized spacial score (nSPS) is 10.6. The van der Waals surface area contributed by atoms with Gasteiger partial charge in [-0.15, -0.1) is 0 Å². The van der Waals surface area contributed by atoms with Crippen molar-refractivity contribution in [3.05, 3.63) is 20.9 Å². The summed E-state index contributed by atoms with van der Waals surface area (Å²) in [7, 11) is 0. The first-order valence-electron chi connectivity index (χ1n) is 1.57. The Hall–Kier alpha value is -1.42. The molecule has 0 radical (unpaired) electrons. The van der Waals surface area contributed by atoms with E-state index in [0.717, 1.165) is 0 Å². The molecule has 0 aromatic rings. The van der Waals surface area contributed by atoms with E-state index in [1.54, 1.807) is 0 Å². The van der Waals surface area contributed by atoms with Crippen molar-refractivity contribution in [2.45, 2.75) is 6.35 Å². The lowest BCUT2D eigenvalue weighted by molar-refractivity contribution is 0.190. The quantitative estimate of drug-likeness (QED) is 0.320. The van der Waals surface area contributed by atoms with Crippen molar-refractivity contribution < 1.29 is 5.11 Å². The van der Waals surface area contributed by atoms with Crippen LogP contribution in [-0.2, 0) is 0 Å². The lowest BCUT2D eigenvalue weighted by Gasteiger charge is -1.84. The van der Waals surface area contributed by atoms with Crippen LogP contribution < -0.4 is 0 Å². The molecule has 0 heterocycles. The summed E-state index contributed by atoms with van der Waals surface area (Å²) in [6.07, 6.45) is -1.62. The average Bonchev–Trinajstić information content (AvgIpc) is 1.68. The summed E-state index contributed by atoms with van der Waals surface area (Å²) in [5.74, 6) is 0. The summed E-state index contributed by atoms with van der Waals surface area (Å²) >= 11 is 0. The first kappa shape index (κ1) is 6.58. The van der Waals surface area contributed by atoms with Crippen molar-refractivity contribution in [3.8, 4) is 0 Å². The number of nitrogens with zero attached hydrogens (tertiary/aromatic N) is 6. The number of hydrogen-bond donors (Lipinski definition) is 1. The summed E-state index contributed by atoms with van der Waals surface area (Å²) in [5, 5.41) is 13.5. The van der Waals surface area contributed by atoms with Crippen LogP contribution in [0.25, 0.3) is 20.9 Å². The average molecular weight is 114 g/mol. The Labute approximate surface area is 43.8 Å². The zero-order chi connectivity index (χ0) is 6.41. The number of rotatable bonds is 2. The highest BCUT2D eigenvalue weighted by Gasteiger charge is 1.88. The molecule has 0 saturated carbocycles. The van der Waals surface area contributed by atoms with Gasteiger partial charge in [0.25, 0.3) is 0 Å². The molecule has 0 rings (SSSR count). The third-order valence-electron chi connectivity index (χ3n) is 0.310. The number of azide groups is 1. The number of aliphatic hydroxyl groups is 1. The Morgan fingerprint density at radius 2 is 1.62 bits per heavy atom. The molecular formula is CH2N6O. The molecule has 0 saturated heterocycles. The van der Waals surface area contributed by atoms with Crippen molar-refractivity contribution in [2.24, 2.45) is 10.2 Å². The number of hydrogen-bond acceptors (Lipinski definition) is 3. The van der Waals surface area contributed by atoms with Crippen LogP contribution in [0, 0.1) is 0 Å². The molecule has 0 unspecified atom stereocenters. The SMILES string of the molecule is [N-]=[N+]=NC(O)N=[N+]=[N-]. The Morgan fingerprint density at radius 3 is 1.88 bits per heavy atom. The zero-order valence-corrected chi connectivity index (χ0v) is 3.71. The maximum atomic E-state index is 8.21. The third-order valence-corrected chi connectivity index (χ3v) is 0.310. The van der Waals surface area contributed by atoms with Gasteiger partial charge in [-0.25, -0.2) is 0 Å². The van der Waals surface area contributed by atoms with E-state index in [4.69, 9.17) is 16.2 Å². The van der Waals surface area contributed by atoms with E-state index in [2.05, 4.69) is 20.1 Å². The maximum absolute atomic E-state index is 8.21. The topological polar surface area (TPSA) is 118 Å². The van der Waals surface area contributed by atoms with Crippen molar-refractivity contribution in [1.29, 1.82) is 0 Å². The smallest absolute Gasteiger partial charge is 0.212 e. The van der Waals surface area contributed by atoms with Crippen LogP contribution in [0.15, 0.2) is 10.2 Å². The summed E-state index contributed by atoms with van der Waals surface area (Å²) in [4.78, 5) is 4.33. The minimum atomic E-state index is -1.62. The molecule has 7 heteroatoms. The predicted molar refractivity (Wildman–Crippen MR) is 24.3 cm³/mol. The van der Waals surface area contributed by atoms with Gasteiger partial charge in [-0.2, -0.15) is 0 Å². The Kier molecular flexibility index (Phi) is 3.09. The van der Waals surface area contributed by atoms with E-state index in [-0.39, 0.29) is 0 Å². The molecule has 0 aliphatic rings. The summed E-state index contributed by atoms with van der Waals surface area (Å²) in [5.41, 5.74) is 15.2.